The Morgan fingerprint density at radius 1 is 1.35 bits per heavy atom. The predicted octanol–water partition coefficient (Wildman–Crippen LogP) is -0.607. The Labute approximate surface area is 98.8 Å². The zero-order valence-corrected chi connectivity index (χ0v) is 9.98. The first-order valence-corrected chi connectivity index (χ1v) is 7.62. The zero-order chi connectivity index (χ0) is 11.8. The molecule has 17 heavy (non-hydrogen) atoms. The van der Waals surface area contributed by atoms with E-state index in [0.717, 1.165) is 0 Å². The van der Waals surface area contributed by atoms with Crippen LogP contribution in [0.2, 0.25) is 0 Å². The molecular weight excluding hydrogens is 246 g/mol. The number of cyclic esters (lactones) is 1. The molecule has 0 aromatic heterocycles. The Kier molecular flexibility index (Phi) is 1.65. The molecule has 4 heterocycles. The molecule has 4 atom stereocenters. The van der Waals surface area contributed by atoms with Crippen molar-refractivity contribution >= 4 is 15.9 Å². The smallest absolute Gasteiger partial charge is 0.410 e. The molecule has 0 aromatic rings. The van der Waals surface area contributed by atoms with Gasteiger partial charge in [0.2, 0.25) is 0 Å². The predicted molar refractivity (Wildman–Crippen MR) is 56.2 cm³/mol. The molecule has 4 aliphatic heterocycles. The minimum absolute atomic E-state index is 0.000417. The normalized spacial score (nSPS) is 50.0. The number of ether oxygens (including phenoxy) is 2. The van der Waals surface area contributed by atoms with Gasteiger partial charge in [-0.3, -0.25) is 4.90 Å². The lowest BCUT2D eigenvalue weighted by atomic mass is 9.78. The monoisotopic (exact) mass is 259 g/mol. The second-order valence-electron chi connectivity index (χ2n) is 5.45. The third-order valence-corrected chi connectivity index (χ3v) is 6.32. The van der Waals surface area contributed by atoms with Crippen molar-refractivity contribution in [1.82, 2.24) is 4.90 Å². The maximum atomic E-state index is 11.8. The van der Waals surface area contributed by atoms with Gasteiger partial charge >= 0.3 is 6.09 Å². The lowest BCUT2D eigenvalue weighted by molar-refractivity contribution is -0.0286. The molecule has 4 rings (SSSR count). The van der Waals surface area contributed by atoms with Gasteiger partial charge in [-0.15, -0.1) is 0 Å². The third-order valence-electron chi connectivity index (χ3n) is 4.52. The number of carbonyl (C=O) groups excluding carboxylic acids is 1. The van der Waals surface area contributed by atoms with Gasteiger partial charge in [0.1, 0.15) is 6.61 Å². The highest BCUT2D eigenvalue weighted by atomic mass is 32.2. The summed E-state index contributed by atoms with van der Waals surface area (Å²) in [6.07, 6.45) is 0.325. The van der Waals surface area contributed by atoms with Crippen LogP contribution in [0, 0.1) is 5.92 Å². The number of sulfone groups is 1. The number of fused-ring (bicyclic) bond motifs is 4. The molecule has 4 fully saturated rings. The van der Waals surface area contributed by atoms with E-state index >= 15 is 0 Å². The van der Waals surface area contributed by atoms with E-state index in [1.807, 2.05) is 0 Å². The van der Waals surface area contributed by atoms with Crippen LogP contribution in [0.3, 0.4) is 0 Å². The topological polar surface area (TPSA) is 72.9 Å². The van der Waals surface area contributed by atoms with Gasteiger partial charge in [-0.2, -0.15) is 0 Å². The van der Waals surface area contributed by atoms with E-state index in [1.165, 1.54) is 0 Å². The third kappa shape index (κ3) is 1.14. The van der Waals surface area contributed by atoms with Gasteiger partial charge in [0, 0.05) is 12.3 Å². The SMILES string of the molecule is O=C1OCC2C3CS(=O)(=O)CC34CC(CO4)N12. The molecule has 0 aliphatic carbocycles. The Hall–Kier alpha value is -0.820. The van der Waals surface area contributed by atoms with Crippen LogP contribution < -0.4 is 0 Å². The van der Waals surface area contributed by atoms with Crippen molar-refractivity contribution in [3.8, 4) is 0 Å². The molecule has 94 valence electrons. The lowest BCUT2D eigenvalue weighted by Gasteiger charge is -2.40. The van der Waals surface area contributed by atoms with E-state index < -0.39 is 15.4 Å². The van der Waals surface area contributed by atoms with Gasteiger partial charge in [0.25, 0.3) is 0 Å². The Balaban J connectivity index is 1.82. The van der Waals surface area contributed by atoms with Crippen molar-refractivity contribution in [3.05, 3.63) is 0 Å². The van der Waals surface area contributed by atoms with Crippen LogP contribution in [0.25, 0.3) is 0 Å². The van der Waals surface area contributed by atoms with Crippen LogP contribution >= 0.6 is 0 Å². The first kappa shape index (κ1) is 10.1. The number of hydrogen-bond donors (Lipinski definition) is 0. The van der Waals surface area contributed by atoms with Gasteiger partial charge in [-0.25, -0.2) is 13.2 Å². The lowest BCUT2D eigenvalue weighted by Crippen LogP contribution is -2.56. The van der Waals surface area contributed by atoms with Crippen molar-refractivity contribution in [3.63, 3.8) is 0 Å². The van der Waals surface area contributed by atoms with Crippen LogP contribution in [-0.4, -0.2) is 61.8 Å². The van der Waals surface area contributed by atoms with E-state index in [4.69, 9.17) is 9.47 Å². The summed E-state index contributed by atoms with van der Waals surface area (Å²) in [4.78, 5) is 13.3. The fourth-order valence-corrected chi connectivity index (χ4v) is 6.27. The maximum absolute atomic E-state index is 11.8. The molecule has 7 heteroatoms. The maximum Gasteiger partial charge on any atom is 0.410 e. The highest BCUT2D eigenvalue weighted by Gasteiger charge is 2.66. The van der Waals surface area contributed by atoms with Gasteiger partial charge in [0.05, 0.1) is 35.8 Å². The van der Waals surface area contributed by atoms with Gasteiger partial charge in [-0.1, -0.05) is 0 Å². The molecule has 0 radical (unpaired) electrons. The van der Waals surface area contributed by atoms with E-state index in [1.54, 1.807) is 4.90 Å². The fraction of sp³-hybridized carbons (Fsp3) is 0.900. The highest BCUT2D eigenvalue weighted by molar-refractivity contribution is 7.91. The number of piperidine rings is 1. The number of rotatable bonds is 0. The number of carbonyl (C=O) groups is 1. The van der Waals surface area contributed by atoms with Crippen molar-refractivity contribution in [2.45, 2.75) is 24.1 Å². The second-order valence-corrected chi connectivity index (χ2v) is 7.56. The molecule has 6 nitrogen and oxygen atoms in total. The summed E-state index contributed by atoms with van der Waals surface area (Å²) in [5, 5.41) is 0. The molecule has 4 unspecified atom stereocenters. The van der Waals surface area contributed by atoms with E-state index in [-0.39, 0.29) is 35.6 Å². The van der Waals surface area contributed by atoms with Crippen molar-refractivity contribution in [1.29, 1.82) is 0 Å². The number of hydrogen-bond acceptors (Lipinski definition) is 5. The highest BCUT2D eigenvalue weighted by Crippen LogP contribution is 2.50. The molecular formula is C10H13NO5S. The summed E-state index contributed by atoms with van der Waals surface area (Å²) < 4.78 is 34.5. The first-order valence-electron chi connectivity index (χ1n) is 5.80. The molecule has 0 N–H and O–H groups in total. The van der Waals surface area contributed by atoms with Crippen molar-refractivity contribution < 1.29 is 22.7 Å². The molecule has 4 aliphatic rings. The standard InChI is InChI=1S/C10H13NO5S/c12-9-11-6-1-10(16-2-6)5-17(13,14)4-7(10)8(11)3-15-9/h6-8H,1-5H2. The van der Waals surface area contributed by atoms with Crippen molar-refractivity contribution in [2.75, 3.05) is 24.7 Å². The van der Waals surface area contributed by atoms with Gasteiger partial charge in [0.15, 0.2) is 9.84 Å². The largest absolute Gasteiger partial charge is 0.447 e. The first-order chi connectivity index (χ1) is 8.01. The summed E-state index contributed by atoms with van der Waals surface area (Å²) >= 11 is 0. The summed E-state index contributed by atoms with van der Waals surface area (Å²) in [6, 6.07) is -0.111. The number of nitrogens with zero attached hydrogens (tertiary/aromatic N) is 1. The van der Waals surface area contributed by atoms with Crippen LogP contribution in [0.5, 0.6) is 0 Å². The van der Waals surface area contributed by atoms with Gasteiger partial charge < -0.3 is 9.47 Å². The van der Waals surface area contributed by atoms with Crippen molar-refractivity contribution in [2.24, 2.45) is 5.92 Å². The molecule has 0 saturated carbocycles. The summed E-state index contributed by atoms with van der Waals surface area (Å²) in [6.45, 7) is 0.748. The molecule has 4 saturated heterocycles. The average Bonchev–Trinajstić information content (AvgIpc) is 2.84. The molecule has 1 spiro atoms. The Morgan fingerprint density at radius 3 is 3.00 bits per heavy atom. The molecule has 2 bridgehead atoms. The van der Waals surface area contributed by atoms with E-state index in [2.05, 4.69) is 0 Å². The zero-order valence-electron chi connectivity index (χ0n) is 9.16. The molecule has 1 amide bonds. The fourth-order valence-electron chi connectivity index (χ4n) is 3.92. The molecule has 0 aromatic carbocycles. The summed E-state index contributed by atoms with van der Waals surface area (Å²) in [5.41, 5.74) is -0.543. The van der Waals surface area contributed by atoms with Crippen LogP contribution in [0.15, 0.2) is 0 Å². The summed E-state index contributed by atoms with van der Waals surface area (Å²) in [7, 11) is -3.05. The van der Waals surface area contributed by atoms with Gasteiger partial charge in [-0.05, 0) is 0 Å². The Bertz CT molecular complexity index is 503. The van der Waals surface area contributed by atoms with Crippen LogP contribution in [-0.2, 0) is 19.3 Å². The minimum Gasteiger partial charge on any atom is -0.447 e. The van der Waals surface area contributed by atoms with E-state index in [9.17, 15) is 13.2 Å². The number of amides is 1. The van der Waals surface area contributed by atoms with Crippen LogP contribution in [0.1, 0.15) is 6.42 Å². The van der Waals surface area contributed by atoms with Crippen LogP contribution in [0.4, 0.5) is 4.79 Å². The second kappa shape index (κ2) is 2.77. The minimum atomic E-state index is -3.05. The Morgan fingerprint density at radius 2 is 2.18 bits per heavy atom. The summed E-state index contributed by atoms with van der Waals surface area (Å²) in [5.74, 6) is 0.120. The van der Waals surface area contributed by atoms with E-state index in [0.29, 0.717) is 19.6 Å². The quantitative estimate of drug-likeness (QED) is 0.580. The average molecular weight is 259 g/mol.